The second-order valence-corrected chi connectivity index (χ2v) is 7.54. The molecule has 0 aliphatic carbocycles. The molecule has 2 heteroatoms. The van der Waals surface area contributed by atoms with Crippen LogP contribution in [0.1, 0.15) is 92.9 Å². The zero-order valence-corrected chi connectivity index (χ0v) is 15.1. The van der Waals surface area contributed by atoms with Crippen molar-refractivity contribution in [2.45, 2.75) is 104 Å². The second kappa shape index (κ2) is 10.6. The summed E-state index contributed by atoms with van der Waals surface area (Å²) in [5.74, 6) is 0. The zero-order chi connectivity index (χ0) is 15.5. The van der Waals surface area contributed by atoms with E-state index in [-0.39, 0.29) is 11.1 Å². The van der Waals surface area contributed by atoms with E-state index in [1.54, 1.807) is 0 Å². The van der Waals surface area contributed by atoms with Gasteiger partial charge in [0.2, 0.25) is 0 Å². The minimum absolute atomic E-state index is 0.281. The van der Waals surface area contributed by atoms with Gasteiger partial charge in [0, 0.05) is 24.2 Å². The van der Waals surface area contributed by atoms with Gasteiger partial charge in [-0.3, -0.25) is 0 Å². The standard InChI is InChI=1S/C18H40N2/c1-7-9-11-13-17(3,4)19-15-16-20-18(5,6)14-12-10-8-2/h19-20H,7-16H2,1-6H3. The van der Waals surface area contributed by atoms with Crippen molar-refractivity contribution < 1.29 is 0 Å². The zero-order valence-electron chi connectivity index (χ0n) is 15.1. The van der Waals surface area contributed by atoms with Crippen molar-refractivity contribution in [1.29, 1.82) is 0 Å². The van der Waals surface area contributed by atoms with Crippen molar-refractivity contribution in [3.8, 4) is 0 Å². The highest BCUT2D eigenvalue weighted by Crippen LogP contribution is 2.15. The molecule has 0 rings (SSSR count). The highest BCUT2D eigenvalue weighted by molar-refractivity contribution is 4.80. The fourth-order valence-corrected chi connectivity index (χ4v) is 2.61. The van der Waals surface area contributed by atoms with Crippen LogP contribution in [0, 0.1) is 0 Å². The number of hydrogen-bond donors (Lipinski definition) is 2. The maximum absolute atomic E-state index is 3.70. The normalized spacial score (nSPS) is 12.9. The molecule has 0 amide bonds. The summed E-state index contributed by atoms with van der Waals surface area (Å²) in [7, 11) is 0. The predicted octanol–water partition coefficient (Wildman–Crippen LogP) is 4.88. The first-order chi connectivity index (χ1) is 9.33. The minimum Gasteiger partial charge on any atom is -0.311 e. The maximum atomic E-state index is 3.70. The van der Waals surface area contributed by atoms with Gasteiger partial charge in [-0.2, -0.15) is 0 Å². The minimum atomic E-state index is 0.281. The molecule has 0 bridgehead atoms. The van der Waals surface area contributed by atoms with Crippen LogP contribution in [0.4, 0.5) is 0 Å². The third-order valence-electron chi connectivity index (χ3n) is 4.14. The fraction of sp³-hybridized carbons (Fsp3) is 1.00. The summed E-state index contributed by atoms with van der Waals surface area (Å²) in [5.41, 5.74) is 0.562. The number of nitrogens with one attached hydrogen (secondary N) is 2. The van der Waals surface area contributed by atoms with Gasteiger partial charge < -0.3 is 10.6 Å². The lowest BCUT2D eigenvalue weighted by Gasteiger charge is -2.30. The molecule has 2 nitrogen and oxygen atoms in total. The van der Waals surface area contributed by atoms with E-state index in [4.69, 9.17) is 0 Å². The average molecular weight is 285 g/mol. The first-order valence-corrected chi connectivity index (χ1v) is 8.83. The highest BCUT2D eigenvalue weighted by atomic mass is 15.0. The Bertz CT molecular complexity index is 197. The Morgan fingerprint density at radius 2 is 0.950 bits per heavy atom. The molecule has 0 aliphatic rings. The van der Waals surface area contributed by atoms with Crippen LogP contribution in [0.25, 0.3) is 0 Å². The number of rotatable bonds is 13. The first kappa shape index (κ1) is 19.9. The molecular weight excluding hydrogens is 244 g/mol. The van der Waals surface area contributed by atoms with Gasteiger partial charge in [0.15, 0.2) is 0 Å². The molecule has 0 atom stereocenters. The Labute approximate surface area is 128 Å². The van der Waals surface area contributed by atoms with Gasteiger partial charge in [-0.15, -0.1) is 0 Å². The summed E-state index contributed by atoms with van der Waals surface area (Å²) in [4.78, 5) is 0. The Morgan fingerprint density at radius 3 is 1.25 bits per heavy atom. The summed E-state index contributed by atoms with van der Waals surface area (Å²) in [5, 5.41) is 7.39. The van der Waals surface area contributed by atoms with Crippen molar-refractivity contribution in [1.82, 2.24) is 10.6 Å². The largest absolute Gasteiger partial charge is 0.311 e. The van der Waals surface area contributed by atoms with E-state index in [0.29, 0.717) is 0 Å². The van der Waals surface area contributed by atoms with E-state index in [9.17, 15) is 0 Å². The van der Waals surface area contributed by atoms with E-state index in [1.165, 1.54) is 51.4 Å². The van der Waals surface area contributed by atoms with Crippen LogP contribution in [0.3, 0.4) is 0 Å². The molecule has 0 aromatic rings. The average Bonchev–Trinajstić information content (AvgIpc) is 2.35. The number of unbranched alkanes of at least 4 members (excludes halogenated alkanes) is 4. The van der Waals surface area contributed by atoms with Crippen molar-refractivity contribution in [2.75, 3.05) is 13.1 Å². The van der Waals surface area contributed by atoms with Crippen molar-refractivity contribution >= 4 is 0 Å². The predicted molar refractivity (Wildman–Crippen MR) is 92.4 cm³/mol. The van der Waals surface area contributed by atoms with Gasteiger partial charge in [-0.1, -0.05) is 52.4 Å². The smallest absolute Gasteiger partial charge is 0.0125 e. The Kier molecular flexibility index (Phi) is 10.6. The molecule has 0 aromatic carbocycles. The summed E-state index contributed by atoms with van der Waals surface area (Å²) >= 11 is 0. The summed E-state index contributed by atoms with van der Waals surface area (Å²) in [6.07, 6.45) is 10.6. The van der Waals surface area contributed by atoms with E-state index < -0.39 is 0 Å². The summed E-state index contributed by atoms with van der Waals surface area (Å²) in [6.45, 7) is 16.0. The lowest BCUT2D eigenvalue weighted by molar-refractivity contribution is 0.315. The Morgan fingerprint density at radius 1 is 0.600 bits per heavy atom. The molecule has 0 spiro atoms. The molecule has 0 saturated heterocycles. The first-order valence-electron chi connectivity index (χ1n) is 8.83. The molecule has 0 unspecified atom stereocenters. The Hall–Kier alpha value is -0.0800. The molecule has 0 heterocycles. The molecule has 0 fully saturated rings. The van der Waals surface area contributed by atoms with Crippen LogP contribution in [0.2, 0.25) is 0 Å². The monoisotopic (exact) mass is 284 g/mol. The van der Waals surface area contributed by atoms with Crippen LogP contribution in [-0.2, 0) is 0 Å². The topological polar surface area (TPSA) is 24.1 Å². The van der Waals surface area contributed by atoms with Gasteiger partial charge in [0.1, 0.15) is 0 Å². The second-order valence-electron chi connectivity index (χ2n) is 7.54. The molecule has 0 radical (unpaired) electrons. The lowest BCUT2D eigenvalue weighted by Crippen LogP contribution is -2.47. The summed E-state index contributed by atoms with van der Waals surface area (Å²) < 4.78 is 0. The molecular formula is C18H40N2. The van der Waals surface area contributed by atoms with Gasteiger partial charge in [0.25, 0.3) is 0 Å². The Balaban J connectivity index is 3.71. The molecule has 20 heavy (non-hydrogen) atoms. The SMILES string of the molecule is CCCCCC(C)(C)NCCNC(C)(C)CCCCC. The van der Waals surface area contributed by atoms with Gasteiger partial charge >= 0.3 is 0 Å². The van der Waals surface area contributed by atoms with E-state index in [2.05, 4.69) is 52.2 Å². The van der Waals surface area contributed by atoms with Gasteiger partial charge in [-0.05, 0) is 40.5 Å². The lowest BCUT2D eigenvalue weighted by atomic mass is 9.96. The molecule has 0 saturated carbocycles. The van der Waals surface area contributed by atoms with Crippen LogP contribution < -0.4 is 10.6 Å². The molecule has 0 aliphatic heterocycles. The van der Waals surface area contributed by atoms with Gasteiger partial charge in [0.05, 0.1) is 0 Å². The number of hydrogen-bond acceptors (Lipinski definition) is 2. The van der Waals surface area contributed by atoms with E-state index in [0.717, 1.165) is 13.1 Å². The van der Waals surface area contributed by atoms with Crippen molar-refractivity contribution in [3.63, 3.8) is 0 Å². The quantitative estimate of drug-likeness (QED) is 0.471. The summed E-state index contributed by atoms with van der Waals surface area (Å²) in [6, 6.07) is 0. The van der Waals surface area contributed by atoms with Crippen LogP contribution in [0.15, 0.2) is 0 Å². The van der Waals surface area contributed by atoms with E-state index in [1.807, 2.05) is 0 Å². The van der Waals surface area contributed by atoms with E-state index >= 15 is 0 Å². The third-order valence-corrected chi connectivity index (χ3v) is 4.14. The van der Waals surface area contributed by atoms with Crippen LogP contribution in [0.5, 0.6) is 0 Å². The fourth-order valence-electron chi connectivity index (χ4n) is 2.61. The molecule has 0 aromatic heterocycles. The van der Waals surface area contributed by atoms with Crippen LogP contribution in [-0.4, -0.2) is 24.2 Å². The maximum Gasteiger partial charge on any atom is 0.0125 e. The van der Waals surface area contributed by atoms with Gasteiger partial charge in [-0.25, -0.2) is 0 Å². The van der Waals surface area contributed by atoms with Crippen LogP contribution >= 0.6 is 0 Å². The van der Waals surface area contributed by atoms with Crippen molar-refractivity contribution in [2.24, 2.45) is 0 Å². The van der Waals surface area contributed by atoms with Crippen molar-refractivity contribution in [3.05, 3.63) is 0 Å². The third kappa shape index (κ3) is 11.7. The highest BCUT2D eigenvalue weighted by Gasteiger charge is 2.18. The molecule has 122 valence electrons. The molecule has 2 N–H and O–H groups in total.